The van der Waals surface area contributed by atoms with E-state index in [0.29, 0.717) is 0 Å². The van der Waals surface area contributed by atoms with Crippen LogP contribution in [0.5, 0.6) is 0 Å². The molecule has 2 rings (SSSR count). The third-order valence-corrected chi connectivity index (χ3v) is 2.75. The number of aromatic nitrogens is 3. The van der Waals surface area contributed by atoms with Gasteiger partial charge < -0.3 is 5.32 Å². The average molecular weight is 242 g/mol. The molecular weight excluding hydrogens is 224 g/mol. The van der Waals surface area contributed by atoms with Crippen molar-refractivity contribution in [2.75, 3.05) is 11.9 Å². The smallest absolute Gasteiger partial charge is 0.133 e. The molecule has 2 heterocycles. The predicted octanol–water partition coefficient (Wildman–Crippen LogP) is 2.90. The van der Waals surface area contributed by atoms with E-state index in [-0.39, 0.29) is 0 Å². The van der Waals surface area contributed by atoms with Crippen LogP contribution in [0.3, 0.4) is 0 Å². The van der Waals surface area contributed by atoms with Crippen LogP contribution in [0.15, 0.2) is 18.5 Å². The highest BCUT2D eigenvalue weighted by Crippen LogP contribution is 2.25. The van der Waals surface area contributed by atoms with Crippen LogP contribution in [0, 0.1) is 20.8 Å². The van der Waals surface area contributed by atoms with Crippen LogP contribution in [0.4, 0.5) is 5.82 Å². The van der Waals surface area contributed by atoms with E-state index in [1.54, 1.807) is 0 Å². The second-order valence-corrected chi connectivity index (χ2v) is 4.37. The van der Waals surface area contributed by atoms with Crippen molar-refractivity contribution >= 4 is 5.82 Å². The van der Waals surface area contributed by atoms with Crippen molar-refractivity contribution in [1.29, 1.82) is 0 Å². The van der Waals surface area contributed by atoms with E-state index in [0.717, 1.165) is 40.6 Å². The zero-order valence-corrected chi connectivity index (χ0v) is 11.3. The number of hydrogen-bond acceptors (Lipinski definition) is 4. The highest BCUT2D eigenvalue weighted by atomic mass is 15.0. The maximum absolute atomic E-state index is 4.54. The summed E-state index contributed by atoms with van der Waals surface area (Å²) in [5.74, 6) is 1.68. The highest BCUT2D eigenvalue weighted by Gasteiger charge is 2.10. The topological polar surface area (TPSA) is 50.7 Å². The van der Waals surface area contributed by atoms with E-state index in [4.69, 9.17) is 0 Å². The van der Waals surface area contributed by atoms with Gasteiger partial charge in [0.1, 0.15) is 11.6 Å². The largest absolute Gasteiger partial charge is 0.370 e. The Morgan fingerprint density at radius 2 is 1.89 bits per heavy atom. The first-order valence-electron chi connectivity index (χ1n) is 6.13. The zero-order valence-electron chi connectivity index (χ0n) is 11.3. The fourth-order valence-corrected chi connectivity index (χ4v) is 1.93. The standard InChI is InChI=1S/C14H18N4/c1-5-16-14-10(3)13(17-11(4)18-14)12-6-9(2)7-15-8-12/h6-8H,5H2,1-4H3,(H,16,17,18). The fraction of sp³-hybridized carbons (Fsp3) is 0.357. The van der Waals surface area contributed by atoms with Crippen molar-refractivity contribution in [1.82, 2.24) is 15.0 Å². The molecule has 4 nitrogen and oxygen atoms in total. The quantitative estimate of drug-likeness (QED) is 0.899. The molecule has 0 unspecified atom stereocenters. The summed E-state index contributed by atoms with van der Waals surface area (Å²) in [5, 5.41) is 3.27. The molecule has 0 aliphatic carbocycles. The minimum atomic E-state index is 0.771. The molecule has 1 N–H and O–H groups in total. The summed E-state index contributed by atoms with van der Waals surface area (Å²) in [6.45, 7) is 8.89. The molecule has 0 aromatic carbocycles. The molecule has 0 radical (unpaired) electrons. The maximum Gasteiger partial charge on any atom is 0.133 e. The third kappa shape index (κ3) is 2.47. The number of anilines is 1. The molecular formula is C14H18N4. The number of nitrogens with zero attached hydrogens (tertiary/aromatic N) is 3. The minimum Gasteiger partial charge on any atom is -0.370 e. The van der Waals surface area contributed by atoms with E-state index >= 15 is 0 Å². The number of pyridine rings is 1. The summed E-state index contributed by atoms with van der Waals surface area (Å²) < 4.78 is 0. The molecule has 94 valence electrons. The monoisotopic (exact) mass is 242 g/mol. The Bertz CT molecular complexity index is 564. The van der Waals surface area contributed by atoms with Crippen LogP contribution >= 0.6 is 0 Å². The Labute approximate surface area is 108 Å². The molecule has 0 aliphatic rings. The fourth-order valence-electron chi connectivity index (χ4n) is 1.93. The van der Waals surface area contributed by atoms with Crippen molar-refractivity contribution in [2.24, 2.45) is 0 Å². The van der Waals surface area contributed by atoms with E-state index < -0.39 is 0 Å². The third-order valence-electron chi connectivity index (χ3n) is 2.75. The first kappa shape index (κ1) is 12.5. The molecule has 0 saturated carbocycles. The van der Waals surface area contributed by atoms with Gasteiger partial charge in [-0.15, -0.1) is 0 Å². The van der Waals surface area contributed by atoms with E-state index in [1.165, 1.54) is 0 Å². The van der Waals surface area contributed by atoms with Crippen LogP contribution in [0.25, 0.3) is 11.3 Å². The number of aryl methyl sites for hydroxylation is 2. The van der Waals surface area contributed by atoms with Crippen LogP contribution in [0.1, 0.15) is 23.9 Å². The molecule has 0 bridgehead atoms. The molecule has 0 atom stereocenters. The van der Waals surface area contributed by atoms with Gasteiger partial charge in [-0.3, -0.25) is 4.98 Å². The van der Waals surface area contributed by atoms with Crippen LogP contribution in [-0.2, 0) is 0 Å². The van der Waals surface area contributed by atoms with E-state index in [9.17, 15) is 0 Å². The van der Waals surface area contributed by atoms with Gasteiger partial charge in [-0.05, 0) is 39.3 Å². The van der Waals surface area contributed by atoms with Gasteiger partial charge in [0.25, 0.3) is 0 Å². The molecule has 2 aromatic heterocycles. The molecule has 0 amide bonds. The first-order chi connectivity index (χ1) is 8.61. The van der Waals surface area contributed by atoms with Crippen molar-refractivity contribution in [3.63, 3.8) is 0 Å². The number of rotatable bonds is 3. The Hall–Kier alpha value is -1.97. The van der Waals surface area contributed by atoms with Crippen LogP contribution < -0.4 is 5.32 Å². The first-order valence-corrected chi connectivity index (χ1v) is 6.13. The van der Waals surface area contributed by atoms with Gasteiger partial charge in [-0.1, -0.05) is 0 Å². The Balaban J connectivity index is 2.56. The molecule has 0 saturated heterocycles. The lowest BCUT2D eigenvalue weighted by molar-refractivity contribution is 1.02. The van der Waals surface area contributed by atoms with E-state index in [1.807, 2.05) is 33.2 Å². The van der Waals surface area contributed by atoms with Crippen molar-refractivity contribution < 1.29 is 0 Å². The van der Waals surface area contributed by atoms with Crippen molar-refractivity contribution in [3.05, 3.63) is 35.4 Å². The lowest BCUT2D eigenvalue weighted by atomic mass is 10.1. The Morgan fingerprint density at radius 1 is 1.11 bits per heavy atom. The highest BCUT2D eigenvalue weighted by molar-refractivity contribution is 5.67. The van der Waals surface area contributed by atoms with Gasteiger partial charge >= 0.3 is 0 Å². The Morgan fingerprint density at radius 3 is 2.56 bits per heavy atom. The van der Waals surface area contributed by atoms with Crippen LogP contribution in [-0.4, -0.2) is 21.5 Å². The lowest BCUT2D eigenvalue weighted by Crippen LogP contribution is -2.06. The second kappa shape index (κ2) is 5.12. The van der Waals surface area contributed by atoms with Gasteiger partial charge in [0.2, 0.25) is 0 Å². The Kier molecular flexibility index (Phi) is 3.55. The summed E-state index contributed by atoms with van der Waals surface area (Å²) >= 11 is 0. The molecule has 2 aromatic rings. The van der Waals surface area contributed by atoms with Crippen molar-refractivity contribution in [2.45, 2.75) is 27.7 Å². The molecule has 0 aliphatic heterocycles. The summed E-state index contributed by atoms with van der Waals surface area (Å²) in [7, 11) is 0. The number of hydrogen-bond donors (Lipinski definition) is 1. The summed E-state index contributed by atoms with van der Waals surface area (Å²) in [5.41, 5.74) is 4.19. The lowest BCUT2D eigenvalue weighted by Gasteiger charge is -2.12. The minimum absolute atomic E-state index is 0.771. The summed E-state index contributed by atoms with van der Waals surface area (Å²) in [6.07, 6.45) is 3.69. The number of nitrogens with one attached hydrogen (secondary N) is 1. The van der Waals surface area contributed by atoms with Crippen molar-refractivity contribution in [3.8, 4) is 11.3 Å². The molecule has 0 fully saturated rings. The molecule has 4 heteroatoms. The normalized spacial score (nSPS) is 10.4. The maximum atomic E-state index is 4.54. The SMILES string of the molecule is CCNc1nc(C)nc(-c2cncc(C)c2)c1C. The summed E-state index contributed by atoms with van der Waals surface area (Å²) in [4.78, 5) is 13.2. The molecule has 18 heavy (non-hydrogen) atoms. The molecule has 0 spiro atoms. The van der Waals surface area contributed by atoms with Gasteiger partial charge in [-0.25, -0.2) is 9.97 Å². The van der Waals surface area contributed by atoms with Gasteiger partial charge in [0.05, 0.1) is 5.69 Å². The van der Waals surface area contributed by atoms with E-state index in [2.05, 4.69) is 33.3 Å². The van der Waals surface area contributed by atoms with Gasteiger partial charge in [-0.2, -0.15) is 0 Å². The zero-order chi connectivity index (χ0) is 13.1. The average Bonchev–Trinajstić information content (AvgIpc) is 2.33. The van der Waals surface area contributed by atoms with Gasteiger partial charge in [0.15, 0.2) is 0 Å². The second-order valence-electron chi connectivity index (χ2n) is 4.37. The van der Waals surface area contributed by atoms with Gasteiger partial charge in [0, 0.05) is 30.1 Å². The van der Waals surface area contributed by atoms with Crippen LogP contribution in [0.2, 0.25) is 0 Å². The predicted molar refractivity (Wildman–Crippen MR) is 73.6 cm³/mol. The summed E-state index contributed by atoms with van der Waals surface area (Å²) in [6, 6.07) is 2.09.